The standard InChI is InChI=1S/C33H38N4O3/c1-33(2,3)24-8-7-9-26(20-24)37-31(13-10-23-18-27(39-5)22-28(19-23)40-6)34-30-12-11-25(21-29(30)32(37)38)36-16-14-35(4)15-17-36/h7-13,18-22H,14-17H2,1-6H3/b13-10+. The number of anilines is 1. The van der Waals surface area contributed by atoms with Gasteiger partial charge in [-0.15, -0.1) is 0 Å². The van der Waals surface area contributed by atoms with Crippen LogP contribution in [0.3, 0.4) is 0 Å². The largest absolute Gasteiger partial charge is 0.497 e. The average molecular weight is 539 g/mol. The highest BCUT2D eigenvalue weighted by molar-refractivity contribution is 5.84. The SMILES string of the molecule is COc1cc(/C=C/c2nc3ccc(N4CCN(C)CC4)cc3c(=O)n2-c2cccc(C(C)(C)C)c2)cc(OC)c1. The summed E-state index contributed by atoms with van der Waals surface area (Å²) in [5.74, 6) is 1.94. The Hall–Kier alpha value is -4.10. The molecule has 1 aliphatic rings. The molecule has 1 fully saturated rings. The molecule has 4 aromatic rings. The van der Waals surface area contributed by atoms with E-state index in [1.807, 2.05) is 54.6 Å². The number of fused-ring (bicyclic) bond motifs is 1. The molecule has 0 spiro atoms. The second kappa shape index (κ2) is 11.2. The zero-order valence-electron chi connectivity index (χ0n) is 24.3. The van der Waals surface area contributed by atoms with Crippen LogP contribution >= 0.6 is 0 Å². The molecule has 2 heterocycles. The first-order chi connectivity index (χ1) is 19.2. The summed E-state index contributed by atoms with van der Waals surface area (Å²) in [4.78, 5) is 23.9. The number of ether oxygens (including phenoxy) is 2. The molecule has 7 heteroatoms. The van der Waals surface area contributed by atoms with Crippen LogP contribution < -0.4 is 19.9 Å². The fourth-order valence-electron chi connectivity index (χ4n) is 5.02. The minimum atomic E-state index is -0.0880. The van der Waals surface area contributed by atoms with Gasteiger partial charge in [-0.1, -0.05) is 39.0 Å². The van der Waals surface area contributed by atoms with Crippen molar-refractivity contribution in [3.05, 3.63) is 88.0 Å². The fourth-order valence-corrected chi connectivity index (χ4v) is 5.02. The first-order valence-corrected chi connectivity index (χ1v) is 13.7. The lowest BCUT2D eigenvalue weighted by molar-refractivity contribution is 0.313. The maximum Gasteiger partial charge on any atom is 0.266 e. The van der Waals surface area contributed by atoms with Crippen LogP contribution in [0.25, 0.3) is 28.7 Å². The monoisotopic (exact) mass is 538 g/mol. The third-order valence-corrected chi connectivity index (χ3v) is 7.52. The van der Waals surface area contributed by atoms with Crippen LogP contribution in [0.5, 0.6) is 11.5 Å². The van der Waals surface area contributed by atoms with E-state index in [2.05, 4.69) is 55.8 Å². The van der Waals surface area contributed by atoms with E-state index in [9.17, 15) is 4.79 Å². The van der Waals surface area contributed by atoms with E-state index >= 15 is 0 Å². The molecule has 40 heavy (non-hydrogen) atoms. The van der Waals surface area contributed by atoms with Gasteiger partial charge >= 0.3 is 0 Å². The van der Waals surface area contributed by atoms with Crippen molar-refractivity contribution in [2.75, 3.05) is 52.3 Å². The van der Waals surface area contributed by atoms with Crippen molar-refractivity contribution in [3.63, 3.8) is 0 Å². The molecule has 0 radical (unpaired) electrons. The smallest absolute Gasteiger partial charge is 0.266 e. The van der Waals surface area contributed by atoms with Gasteiger partial charge < -0.3 is 19.3 Å². The lowest BCUT2D eigenvalue weighted by Gasteiger charge is -2.34. The second-order valence-electron chi connectivity index (χ2n) is 11.4. The Morgan fingerprint density at radius 3 is 2.17 bits per heavy atom. The minimum absolute atomic E-state index is 0.0639. The van der Waals surface area contributed by atoms with E-state index in [1.165, 1.54) is 0 Å². The highest BCUT2D eigenvalue weighted by Gasteiger charge is 2.19. The van der Waals surface area contributed by atoms with Crippen molar-refractivity contribution in [3.8, 4) is 17.2 Å². The number of hydrogen-bond acceptors (Lipinski definition) is 6. The van der Waals surface area contributed by atoms with Crippen LogP contribution in [-0.2, 0) is 5.41 Å². The maximum atomic E-state index is 14.2. The summed E-state index contributed by atoms with van der Waals surface area (Å²) in [6, 6.07) is 19.9. The summed E-state index contributed by atoms with van der Waals surface area (Å²) in [5, 5.41) is 0.609. The Bertz CT molecular complexity index is 1590. The summed E-state index contributed by atoms with van der Waals surface area (Å²) in [5.41, 5.74) is 4.40. The minimum Gasteiger partial charge on any atom is -0.497 e. The predicted molar refractivity (Wildman–Crippen MR) is 164 cm³/mol. The molecule has 208 valence electrons. The Morgan fingerprint density at radius 2 is 1.52 bits per heavy atom. The van der Waals surface area contributed by atoms with Gasteiger partial charge in [-0.25, -0.2) is 4.98 Å². The van der Waals surface area contributed by atoms with Crippen LogP contribution in [-0.4, -0.2) is 61.9 Å². The van der Waals surface area contributed by atoms with Crippen LogP contribution in [0, 0.1) is 0 Å². The third kappa shape index (κ3) is 5.75. The molecule has 5 rings (SSSR count). The van der Waals surface area contributed by atoms with Gasteiger partial charge in [0.05, 0.1) is 30.8 Å². The zero-order valence-corrected chi connectivity index (χ0v) is 24.3. The quantitative estimate of drug-likeness (QED) is 0.318. The molecule has 1 aliphatic heterocycles. The Kier molecular flexibility index (Phi) is 7.68. The van der Waals surface area contributed by atoms with Crippen LogP contribution in [0.2, 0.25) is 0 Å². The van der Waals surface area contributed by atoms with Gasteiger partial charge in [0.2, 0.25) is 0 Å². The topological polar surface area (TPSA) is 59.8 Å². The molecule has 0 aliphatic carbocycles. The molecule has 1 aromatic heterocycles. The number of methoxy groups -OCH3 is 2. The molecular formula is C33H38N4O3. The zero-order chi connectivity index (χ0) is 28.4. The lowest BCUT2D eigenvalue weighted by atomic mass is 9.87. The van der Waals surface area contributed by atoms with E-state index in [0.717, 1.165) is 48.7 Å². The van der Waals surface area contributed by atoms with Crippen molar-refractivity contribution in [2.45, 2.75) is 26.2 Å². The first kappa shape index (κ1) is 27.5. The molecule has 0 saturated carbocycles. The summed E-state index contributed by atoms with van der Waals surface area (Å²) in [6.45, 7) is 10.4. The number of piperazine rings is 1. The van der Waals surface area contributed by atoms with Crippen LogP contribution in [0.15, 0.2) is 65.5 Å². The van der Waals surface area contributed by atoms with Gasteiger partial charge in [-0.2, -0.15) is 0 Å². The van der Waals surface area contributed by atoms with Crippen molar-refractivity contribution in [2.24, 2.45) is 0 Å². The molecule has 0 amide bonds. The van der Waals surface area contributed by atoms with Gasteiger partial charge in [0.15, 0.2) is 0 Å². The number of nitrogens with zero attached hydrogens (tertiary/aromatic N) is 4. The number of aromatic nitrogens is 2. The fraction of sp³-hybridized carbons (Fsp3) is 0.333. The summed E-state index contributed by atoms with van der Waals surface area (Å²) < 4.78 is 12.6. The maximum absolute atomic E-state index is 14.2. The Balaban J connectivity index is 1.67. The molecule has 0 atom stereocenters. The van der Waals surface area contributed by atoms with Crippen LogP contribution in [0.1, 0.15) is 37.7 Å². The normalized spacial score (nSPS) is 14.7. The van der Waals surface area contributed by atoms with E-state index < -0.39 is 0 Å². The van der Waals surface area contributed by atoms with Gasteiger partial charge in [0.1, 0.15) is 17.3 Å². The molecule has 0 N–H and O–H groups in total. The summed E-state index contributed by atoms with van der Waals surface area (Å²) in [7, 11) is 5.40. The molecule has 0 unspecified atom stereocenters. The highest BCUT2D eigenvalue weighted by Crippen LogP contribution is 2.27. The van der Waals surface area contributed by atoms with Gasteiger partial charge in [-0.05, 0) is 72.1 Å². The summed E-state index contributed by atoms with van der Waals surface area (Å²) >= 11 is 0. The van der Waals surface area contributed by atoms with Gasteiger partial charge in [0.25, 0.3) is 5.56 Å². The van der Waals surface area contributed by atoms with Gasteiger partial charge in [-0.3, -0.25) is 9.36 Å². The van der Waals surface area contributed by atoms with E-state index in [-0.39, 0.29) is 11.0 Å². The predicted octanol–water partition coefficient (Wildman–Crippen LogP) is 5.62. The van der Waals surface area contributed by atoms with Crippen molar-refractivity contribution >= 4 is 28.7 Å². The van der Waals surface area contributed by atoms with E-state index in [0.29, 0.717) is 28.2 Å². The first-order valence-electron chi connectivity index (χ1n) is 13.7. The highest BCUT2D eigenvalue weighted by atomic mass is 16.5. The molecule has 0 bridgehead atoms. The molecule has 1 saturated heterocycles. The van der Waals surface area contributed by atoms with Crippen LogP contribution in [0.4, 0.5) is 5.69 Å². The Morgan fingerprint density at radius 1 is 0.825 bits per heavy atom. The molecule has 7 nitrogen and oxygen atoms in total. The van der Waals surface area contributed by atoms with Gasteiger partial charge in [0, 0.05) is 37.9 Å². The lowest BCUT2D eigenvalue weighted by Crippen LogP contribution is -2.44. The Labute approximate surface area is 236 Å². The summed E-state index contributed by atoms with van der Waals surface area (Å²) in [6.07, 6.45) is 3.81. The van der Waals surface area contributed by atoms with Crippen molar-refractivity contribution < 1.29 is 9.47 Å². The molecule has 3 aromatic carbocycles. The second-order valence-corrected chi connectivity index (χ2v) is 11.4. The number of hydrogen-bond donors (Lipinski definition) is 0. The average Bonchev–Trinajstić information content (AvgIpc) is 2.95. The van der Waals surface area contributed by atoms with E-state index in [4.69, 9.17) is 14.5 Å². The van der Waals surface area contributed by atoms with E-state index in [1.54, 1.807) is 18.8 Å². The number of likely N-dealkylation sites (N-methyl/N-ethyl adjacent to an activating group) is 1. The number of rotatable bonds is 6. The number of benzene rings is 3. The van der Waals surface area contributed by atoms with Crippen molar-refractivity contribution in [1.82, 2.24) is 14.5 Å². The molecular weight excluding hydrogens is 500 g/mol. The van der Waals surface area contributed by atoms with Crippen molar-refractivity contribution in [1.29, 1.82) is 0 Å². The third-order valence-electron chi connectivity index (χ3n) is 7.52.